The molecule has 0 aromatic heterocycles. The number of carbonyl (C=O) groups excluding carboxylic acids is 1. The van der Waals surface area contributed by atoms with E-state index in [4.69, 9.17) is 0 Å². The molecule has 17 heavy (non-hydrogen) atoms. The van der Waals surface area contributed by atoms with Crippen molar-refractivity contribution in [2.75, 3.05) is 26.3 Å². The Labute approximate surface area is 104 Å². The van der Waals surface area contributed by atoms with Crippen molar-refractivity contribution < 1.29 is 22.7 Å². The molecule has 1 rings (SSSR count). The van der Waals surface area contributed by atoms with Crippen LogP contribution in [0.1, 0.15) is 12.8 Å². The van der Waals surface area contributed by atoms with E-state index in [9.17, 15) is 18.0 Å². The van der Waals surface area contributed by atoms with Gasteiger partial charge in [0.15, 0.2) is 0 Å². The van der Waals surface area contributed by atoms with Crippen LogP contribution in [0, 0.1) is 0 Å². The largest absolute Gasteiger partial charge is 0.411 e. The monoisotopic (exact) mass is 276 g/mol. The summed E-state index contributed by atoms with van der Waals surface area (Å²) in [6.45, 7) is -0.360. The second-order valence-corrected chi connectivity index (χ2v) is 3.72. The third-order valence-electron chi connectivity index (χ3n) is 2.16. The number of piperidine rings is 1. The second kappa shape index (κ2) is 7.73. The number of ether oxygens (including phenoxy) is 1. The summed E-state index contributed by atoms with van der Waals surface area (Å²) in [4.78, 5) is 11.2. The summed E-state index contributed by atoms with van der Waals surface area (Å²) in [5, 5.41) is 5.70. The molecule has 4 nitrogen and oxygen atoms in total. The lowest BCUT2D eigenvalue weighted by molar-refractivity contribution is -0.175. The number of rotatable bonds is 4. The molecule has 0 bridgehead atoms. The van der Waals surface area contributed by atoms with Gasteiger partial charge in [-0.1, -0.05) is 0 Å². The highest BCUT2D eigenvalue weighted by Crippen LogP contribution is 2.14. The van der Waals surface area contributed by atoms with Gasteiger partial charge in [0, 0.05) is 12.6 Å². The van der Waals surface area contributed by atoms with Crippen molar-refractivity contribution >= 4 is 18.3 Å². The van der Waals surface area contributed by atoms with Gasteiger partial charge in [0.05, 0.1) is 0 Å². The first kappa shape index (κ1) is 16.5. The smallest absolute Gasteiger partial charge is 0.362 e. The molecule has 0 saturated carbocycles. The number of carbonyl (C=O) groups is 1. The van der Waals surface area contributed by atoms with Crippen molar-refractivity contribution in [2.24, 2.45) is 0 Å². The number of hydrogen-bond donors (Lipinski definition) is 2. The van der Waals surface area contributed by atoms with Crippen molar-refractivity contribution in [3.63, 3.8) is 0 Å². The molecule has 8 heteroatoms. The average molecular weight is 277 g/mol. The molecule has 0 aliphatic carbocycles. The molecule has 1 aliphatic heterocycles. The van der Waals surface area contributed by atoms with Gasteiger partial charge in [-0.25, -0.2) is 0 Å². The van der Waals surface area contributed by atoms with E-state index in [2.05, 4.69) is 15.4 Å². The Morgan fingerprint density at radius 1 is 1.47 bits per heavy atom. The van der Waals surface area contributed by atoms with Crippen molar-refractivity contribution in [3.05, 3.63) is 0 Å². The normalized spacial score (nSPS) is 20.5. The van der Waals surface area contributed by atoms with Crippen LogP contribution in [-0.4, -0.2) is 44.4 Å². The van der Waals surface area contributed by atoms with Gasteiger partial charge in [-0.2, -0.15) is 13.2 Å². The zero-order valence-corrected chi connectivity index (χ0v) is 10.00. The van der Waals surface area contributed by atoms with Crippen LogP contribution in [0.15, 0.2) is 0 Å². The van der Waals surface area contributed by atoms with Gasteiger partial charge in [-0.15, -0.1) is 12.4 Å². The van der Waals surface area contributed by atoms with Crippen LogP contribution >= 0.6 is 12.4 Å². The number of hydrogen-bond acceptors (Lipinski definition) is 3. The minimum absolute atomic E-state index is 0. The quantitative estimate of drug-likeness (QED) is 0.801. The van der Waals surface area contributed by atoms with E-state index in [1.807, 2.05) is 0 Å². The van der Waals surface area contributed by atoms with E-state index >= 15 is 0 Å². The topological polar surface area (TPSA) is 50.4 Å². The summed E-state index contributed by atoms with van der Waals surface area (Å²) in [5.41, 5.74) is 0. The molecule has 1 heterocycles. The predicted octanol–water partition coefficient (Wildman–Crippen LogP) is 0.855. The van der Waals surface area contributed by atoms with Crippen LogP contribution < -0.4 is 10.6 Å². The molecule has 0 spiro atoms. The van der Waals surface area contributed by atoms with Gasteiger partial charge in [-0.3, -0.25) is 4.79 Å². The molecule has 0 unspecified atom stereocenters. The van der Waals surface area contributed by atoms with E-state index < -0.39 is 25.3 Å². The molecule has 1 fully saturated rings. The molecular formula is C9H16ClF3N2O2. The third kappa shape index (κ3) is 8.23. The Kier molecular flexibility index (Phi) is 7.49. The maximum absolute atomic E-state index is 11.7. The molecule has 1 amide bonds. The van der Waals surface area contributed by atoms with E-state index in [-0.39, 0.29) is 18.4 Å². The first-order chi connectivity index (χ1) is 7.47. The lowest BCUT2D eigenvalue weighted by atomic mass is 10.1. The lowest BCUT2D eigenvalue weighted by Crippen LogP contribution is -2.46. The minimum Gasteiger partial charge on any atom is -0.362 e. The van der Waals surface area contributed by atoms with Gasteiger partial charge in [-0.05, 0) is 19.4 Å². The van der Waals surface area contributed by atoms with Gasteiger partial charge < -0.3 is 15.4 Å². The van der Waals surface area contributed by atoms with E-state index in [0.717, 1.165) is 19.4 Å². The zero-order chi connectivity index (χ0) is 12.0. The maximum Gasteiger partial charge on any atom is 0.411 e. The highest BCUT2D eigenvalue weighted by Gasteiger charge is 2.28. The standard InChI is InChI=1S/C9H15F3N2O2.ClH/c10-9(11,12)6-16-5-8(15)14-7-2-1-3-13-4-7;/h7,13H,1-6H2,(H,14,15);1H/t7-;/m1./s1. The van der Waals surface area contributed by atoms with E-state index in [1.54, 1.807) is 0 Å². The Balaban J connectivity index is 0.00000256. The molecule has 1 atom stereocenters. The molecule has 0 aromatic carbocycles. The summed E-state index contributed by atoms with van der Waals surface area (Å²) in [5.74, 6) is -0.502. The first-order valence-corrected chi connectivity index (χ1v) is 5.12. The minimum atomic E-state index is -4.38. The second-order valence-electron chi connectivity index (χ2n) is 3.72. The SMILES string of the molecule is Cl.O=C(COCC(F)(F)F)N[C@@H]1CCCNC1. The van der Waals surface area contributed by atoms with E-state index in [1.165, 1.54) is 0 Å². The van der Waals surface area contributed by atoms with Crippen LogP contribution in [0.25, 0.3) is 0 Å². The predicted molar refractivity (Wildman–Crippen MR) is 58.2 cm³/mol. The fraction of sp³-hybridized carbons (Fsp3) is 0.889. The maximum atomic E-state index is 11.7. The summed E-state index contributed by atoms with van der Waals surface area (Å²) in [6, 6.07) is -0.00395. The van der Waals surface area contributed by atoms with Crippen LogP contribution in [-0.2, 0) is 9.53 Å². The summed E-state index contributed by atoms with van der Waals surface area (Å²) < 4.78 is 39.3. The summed E-state index contributed by atoms with van der Waals surface area (Å²) >= 11 is 0. The molecule has 0 aromatic rings. The first-order valence-electron chi connectivity index (χ1n) is 5.12. The van der Waals surface area contributed by atoms with Crippen LogP contribution in [0.2, 0.25) is 0 Å². The summed E-state index contributed by atoms with van der Waals surface area (Å²) in [7, 11) is 0. The Hall–Kier alpha value is -0.530. The van der Waals surface area contributed by atoms with Crippen LogP contribution in [0.5, 0.6) is 0 Å². The molecule has 2 N–H and O–H groups in total. The molecule has 1 aliphatic rings. The van der Waals surface area contributed by atoms with Gasteiger partial charge in [0.2, 0.25) is 5.91 Å². The molecule has 102 valence electrons. The van der Waals surface area contributed by atoms with Crippen LogP contribution in [0.3, 0.4) is 0 Å². The fourth-order valence-electron chi connectivity index (χ4n) is 1.50. The Bertz CT molecular complexity index is 233. The number of alkyl halides is 3. The third-order valence-corrected chi connectivity index (χ3v) is 2.16. The van der Waals surface area contributed by atoms with Crippen LogP contribution in [0.4, 0.5) is 13.2 Å². The molecular weight excluding hydrogens is 261 g/mol. The van der Waals surface area contributed by atoms with Crippen molar-refractivity contribution in [1.82, 2.24) is 10.6 Å². The molecule has 0 radical (unpaired) electrons. The van der Waals surface area contributed by atoms with Crippen molar-refractivity contribution in [2.45, 2.75) is 25.1 Å². The van der Waals surface area contributed by atoms with E-state index in [0.29, 0.717) is 6.54 Å². The Morgan fingerprint density at radius 2 is 2.18 bits per heavy atom. The number of halogens is 4. The van der Waals surface area contributed by atoms with Crippen molar-refractivity contribution in [3.8, 4) is 0 Å². The van der Waals surface area contributed by atoms with Gasteiger partial charge >= 0.3 is 6.18 Å². The van der Waals surface area contributed by atoms with Crippen molar-refractivity contribution in [1.29, 1.82) is 0 Å². The summed E-state index contributed by atoms with van der Waals surface area (Å²) in [6.07, 6.45) is -2.58. The highest BCUT2D eigenvalue weighted by molar-refractivity contribution is 5.85. The number of amides is 1. The fourth-order valence-corrected chi connectivity index (χ4v) is 1.50. The zero-order valence-electron chi connectivity index (χ0n) is 9.18. The van der Waals surface area contributed by atoms with Gasteiger partial charge in [0.1, 0.15) is 13.2 Å². The Morgan fingerprint density at radius 3 is 2.71 bits per heavy atom. The average Bonchev–Trinajstić information content (AvgIpc) is 2.17. The lowest BCUT2D eigenvalue weighted by Gasteiger charge is -2.23. The molecule has 1 saturated heterocycles. The number of nitrogens with one attached hydrogen (secondary N) is 2. The van der Waals surface area contributed by atoms with Gasteiger partial charge in [0.25, 0.3) is 0 Å². The highest BCUT2D eigenvalue weighted by atomic mass is 35.5.